The van der Waals surface area contributed by atoms with E-state index < -0.39 is 0 Å². The van der Waals surface area contributed by atoms with Crippen LogP contribution in [0.2, 0.25) is 0 Å². The maximum atomic E-state index is 4.58. The van der Waals surface area contributed by atoms with Gasteiger partial charge < -0.3 is 10.6 Å². The molecule has 5 heteroatoms. The molecule has 0 radical (unpaired) electrons. The zero-order chi connectivity index (χ0) is 16.1. The lowest BCUT2D eigenvalue weighted by Crippen LogP contribution is -2.23. The predicted molar refractivity (Wildman–Crippen MR) is 94.2 cm³/mol. The molecule has 23 heavy (non-hydrogen) atoms. The van der Waals surface area contributed by atoms with Gasteiger partial charge in [0.05, 0.1) is 6.20 Å². The zero-order valence-electron chi connectivity index (χ0n) is 14.0. The highest BCUT2D eigenvalue weighted by Gasteiger charge is 2.14. The van der Waals surface area contributed by atoms with Crippen LogP contribution in [0.4, 0.5) is 17.5 Å². The number of benzene rings is 1. The van der Waals surface area contributed by atoms with Crippen molar-refractivity contribution in [2.75, 3.05) is 10.6 Å². The van der Waals surface area contributed by atoms with Gasteiger partial charge in [-0.15, -0.1) is 5.10 Å². The molecular weight excluding hydrogens is 286 g/mol. The summed E-state index contributed by atoms with van der Waals surface area (Å²) in [5.74, 6) is 1.36. The minimum atomic E-state index is 0.512. The molecule has 1 aliphatic carbocycles. The van der Waals surface area contributed by atoms with Crippen molar-refractivity contribution in [2.24, 2.45) is 0 Å². The highest BCUT2D eigenvalue weighted by molar-refractivity contribution is 5.63. The van der Waals surface area contributed by atoms with Crippen LogP contribution in [-0.4, -0.2) is 21.2 Å². The third-order valence-corrected chi connectivity index (χ3v) is 4.49. The Hall–Kier alpha value is -2.17. The second-order valence-corrected chi connectivity index (χ2v) is 6.23. The van der Waals surface area contributed by atoms with Gasteiger partial charge in [0.1, 0.15) is 0 Å². The van der Waals surface area contributed by atoms with E-state index in [1.165, 1.54) is 43.2 Å². The summed E-state index contributed by atoms with van der Waals surface area (Å²) in [6.45, 7) is 4.25. The number of para-hydroxylation sites is 1. The average molecular weight is 311 g/mol. The second kappa shape index (κ2) is 7.40. The van der Waals surface area contributed by atoms with Gasteiger partial charge in [0.2, 0.25) is 5.95 Å². The van der Waals surface area contributed by atoms with Crippen LogP contribution in [-0.2, 0) is 6.42 Å². The maximum Gasteiger partial charge on any atom is 0.249 e. The Labute approximate surface area is 137 Å². The summed E-state index contributed by atoms with van der Waals surface area (Å²) in [4.78, 5) is 4.58. The number of aromatic nitrogens is 3. The van der Waals surface area contributed by atoms with E-state index >= 15 is 0 Å². The zero-order valence-corrected chi connectivity index (χ0v) is 14.0. The Morgan fingerprint density at radius 3 is 2.78 bits per heavy atom. The van der Waals surface area contributed by atoms with Gasteiger partial charge in [-0.2, -0.15) is 10.1 Å². The molecule has 1 fully saturated rings. The van der Waals surface area contributed by atoms with Crippen molar-refractivity contribution < 1.29 is 0 Å². The third-order valence-electron chi connectivity index (χ3n) is 4.49. The van der Waals surface area contributed by atoms with E-state index in [9.17, 15) is 0 Å². The first-order chi connectivity index (χ1) is 11.3. The Bertz CT molecular complexity index is 650. The summed E-state index contributed by atoms with van der Waals surface area (Å²) in [7, 11) is 0. The van der Waals surface area contributed by atoms with Crippen LogP contribution in [0, 0.1) is 6.92 Å². The van der Waals surface area contributed by atoms with Crippen molar-refractivity contribution in [3.8, 4) is 0 Å². The molecule has 0 bridgehead atoms. The van der Waals surface area contributed by atoms with Crippen molar-refractivity contribution in [2.45, 2.75) is 58.4 Å². The second-order valence-electron chi connectivity index (χ2n) is 6.23. The Morgan fingerprint density at radius 2 is 2.00 bits per heavy atom. The number of nitrogens with zero attached hydrogens (tertiary/aromatic N) is 3. The monoisotopic (exact) mass is 311 g/mol. The van der Waals surface area contributed by atoms with Gasteiger partial charge in [0.15, 0.2) is 5.82 Å². The number of rotatable bonds is 5. The number of nitrogens with one attached hydrogen (secondary N) is 2. The molecule has 2 aromatic rings. The Kier molecular flexibility index (Phi) is 5.05. The van der Waals surface area contributed by atoms with Crippen molar-refractivity contribution in [3.05, 3.63) is 35.5 Å². The van der Waals surface area contributed by atoms with E-state index in [0.717, 1.165) is 17.9 Å². The molecule has 1 aliphatic rings. The molecular formula is C18H25N5. The van der Waals surface area contributed by atoms with Crippen LogP contribution >= 0.6 is 0 Å². The van der Waals surface area contributed by atoms with E-state index in [1.807, 2.05) is 0 Å². The molecule has 1 aromatic carbocycles. The topological polar surface area (TPSA) is 62.7 Å². The highest BCUT2D eigenvalue weighted by Crippen LogP contribution is 2.25. The summed E-state index contributed by atoms with van der Waals surface area (Å²) in [5.41, 5.74) is 3.55. The van der Waals surface area contributed by atoms with Crippen molar-refractivity contribution >= 4 is 17.5 Å². The van der Waals surface area contributed by atoms with Gasteiger partial charge >= 0.3 is 0 Å². The summed E-state index contributed by atoms with van der Waals surface area (Å²) in [6.07, 6.45) is 9.04. The first-order valence-corrected chi connectivity index (χ1v) is 8.58. The van der Waals surface area contributed by atoms with Gasteiger partial charge in [-0.05, 0) is 37.3 Å². The first-order valence-electron chi connectivity index (χ1n) is 8.58. The van der Waals surface area contributed by atoms with Crippen LogP contribution in [0.1, 0.15) is 50.2 Å². The van der Waals surface area contributed by atoms with Gasteiger partial charge in [-0.3, -0.25) is 0 Å². The molecule has 0 atom stereocenters. The first kappa shape index (κ1) is 15.7. The molecule has 0 spiro atoms. The van der Waals surface area contributed by atoms with E-state index in [2.05, 4.69) is 57.9 Å². The number of anilines is 3. The fourth-order valence-corrected chi connectivity index (χ4v) is 3.20. The lowest BCUT2D eigenvalue weighted by molar-refractivity contribution is 0.461. The molecule has 5 nitrogen and oxygen atoms in total. The van der Waals surface area contributed by atoms with Crippen LogP contribution in [0.15, 0.2) is 24.4 Å². The average Bonchev–Trinajstić information content (AvgIpc) is 2.58. The largest absolute Gasteiger partial charge is 0.366 e. The van der Waals surface area contributed by atoms with Crippen LogP contribution < -0.4 is 10.6 Å². The number of hydrogen-bond donors (Lipinski definition) is 2. The minimum Gasteiger partial charge on any atom is -0.366 e. The predicted octanol–water partition coefficient (Wildman–Crippen LogP) is 4.23. The van der Waals surface area contributed by atoms with E-state index in [1.54, 1.807) is 6.20 Å². The molecule has 3 rings (SSSR count). The van der Waals surface area contributed by atoms with Crippen LogP contribution in [0.5, 0.6) is 0 Å². The molecule has 1 saturated carbocycles. The fourth-order valence-electron chi connectivity index (χ4n) is 3.20. The molecule has 1 aromatic heterocycles. The van der Waals surface area contributed by atoms with Gasteiger partial charge in [-0.1, -0.05) is 44.4 Å². The summed E-state index contributed by atoms with van der Waals surface area (Å²) in [6, 6.07) is 6.82. The Morgan fingerprint density at radius 1 is 1.17 bits per heavy atom. The molecule has 0 unspecified atom stereocenters. The maximum absolute atomic E-state index is 4.58. The van der Waals surface area contributed by atoms with E-state index in [4.69, 9.17) is 0 Å². The smallest absolute Gasteiger partial charge is 0.249 e. The molecule has 1 heterocycles. The van der Waals surface area contributed by atoms with Gasteiger partial charge in [0, 0.05) is 11.7 Å². The highest BCUT2D eigenvalue weighted by atomic mass is 15.3. The van der Waals surface area contributed by atoms with Crippen LogP contribution in [0.25, 0.3) is 0 Å². The minimum absolute atomic E-state index is 0.512. The van der Waals surface area contributed by atoms with Crippen molar-refractivity contribution in [1.82, 2.24) is 15.2 Å². The third kappa shape index (κ3) is 3.97. The molecule has 2 N–H and O–H groups in total. The molecule has 0 saturated heterocycles. The standard InChI is InChI=1S/C18H25N5/c1-3-14-9-7-8-13(2)17(14)22-18-21-16(12-19-23-18)20-15-10-5-4-6-11-15/h7-9,12,15H,3-6,10-11H2,1-2H3,(H2,20,21,22,23). The summed E-state index contributed by atoms with van der Waals surface area (Å²) >= 11 is 0. The Balaban J connectivity index is 1.75. The quantitative estimate of drug-likeness (QED) is 0.865. The fraction of sp³-hybridized carbons (Fsp3) is 0.500. The number of aryl methyl sites for hydroxylation is 2. The van der Waals surface area contributed by atoms with E-state index in [-0.39, 0.29) is 0 Å². The lowest BCUT2D eigenvalue weighted by Gasteiger charge is -2.23. The lowest BCUT2D eigenvalue weighted by atomic mass is 9.96. The van der Waals surface area contributed by atoms with Gasteiger partial charge in [0.25, 0.3) is 0 Å². The van der Waals surface area contributed by atoms with Crippen molar-refractivity contribution in [1.29, 1.82) is 0 Å². The summed E-state index contributed by atoms with van der Waals surface area (Å²) < 4.78 is 0. The van der Waals surface area contributed by atoms with Crippen molar-refractivity contribution in [3.63, 3.8) is 0 Å². The van der Waals surface area contributed by atoms with E-state index in [0.29, 0.717) is 12.0 Å². The van der Waals surface area contributed by atoms with Gasteiger partial charge in [-0.25, -0.2) is 0 Å². The summed E-state index contributed by atoms with van der Waals surface area (Å²) in [5, 5.41) is 15.1. The normalized spacial score (nSPS) is 15.4. The molecule has 0 aliphatic heterocycles. The SMILES string of the molecule is CCc1cccc(C)c1Nc1nncc(NC2CCCCC2)n1. The molecule has 122 valence electrons. The molecule has 0 amide bonds. The number of hydrogen-bond acceptors (Lipinski definition) is 5. The van der Waals surface area contributed by atoms with Crippen LogP contribution in [0.3, 0.4) is 0 Å².